The molecule has 0 aromatic carbocycles. The second-order valence-corrected chi connectivity index (χ2v) is 6.45. The van der Waals surface area contributed by atoms with Gasteiger partial charge in [0, 0.05) is 19.1 Å². The van der Waals surface area contributed by atoms with E-state index in [0.717, 1.165) is 19.3 Å². The Morgan fingerprint density at radius 2 is 1.90 bits per heavy atom. The number of rotatable bonds is 2. The summed E-state index contributed by atoms with van der Waals surface area (Å²) in [7, 11) is 0. The molecule has 1 saturated carbocycles. The molecule has 1 saturated heterocycles. The molecular weight excluding hydrogens is 256 g/mol. The molecule has 5 heteroatoms. The van der Waals surface area contributed by atoms with Gasteiger partial charge in [-0.05, 0) is 31.1 Å². The number of piperidine rings is 1. The number of aliphatic carboxylic acids is 1. The zero-order valence-corrected chi connectivity index (χ0v) is 12.5. The Hall–Kier alpha value is -1.26. The van der Waals surface area contributed by atoms with Crippen molar-refractivity contribution < 1.29 is 14.7 Å². The van der Waals surface area contributed by atoms with Gasteiger partial charge >= 0.3 is 12.0 Å². The van der Waals surface area contributed by atoms with Crippen LogP contribution >= 0.6 is 0 Å². The van der Waals surface area contributed by atoms with E-state index < -0.39 is 11.9 Å². The minimum atomic E-state index is -0.790. The van der Waals surface area contributed by atoms with E-state index in [1.165, 1.54) is 6.42 Å². The monoisotopic (exact) mass is 282 g/mol. The first-order chi connectivity index (χ1) is 9.49. The van der Waals surface area contributed by atoms with Crippen LogP contribution in [0.2, 0.25) is 0 Å². The number of carboxylic acid groups (broad SMARTS) is 1. The number of nitrogens with one attached hydrogen (secondary N) is 1. The van der Waals surface area contributed by atoms with E-state index in [0.29, 0.717) is 31.3 Å². The van der Waals surface area contributed by atoms with E-state index >= 15 is 0 Å². The van der Waals surface area contributed by atoms with Gasteiger partial charge in [-0.2, -0.15) is 0 Å². The minimum absolute atomic E-state index is 0.0816. The summed E-state index contributed by atoms with van der Waals surface area (Å²) >= 11 is 0. The number of amides is 2. The molecule has 2 N–H and O–H groups in total. The summed E-state index contributed by atoms with van der Waals surface area (Å²) in [5.41, 5.74) is 0. The summed E-state index contributed by atoms with van der Waals surface area (Å²) < 4.78 is 0. The van der Waals surface area contributed by atoms with Crippen molar-refractivity contribution >= 4 is 12.0 Å². The lowest BCUT2D eigenvalue weighted by atomic mass is 9.78. The van der Waals surface area contributed by atoms with E-state index in [9.17, 15) is 9.59 Å². The van der Waals surface area contributed by atoms with Gasteiger partial charge in [-0.15, -0.1) is 0 Å². The lowest BCUT2D eigenvalue weighted by Crippen LogP contribution is -2.52. The Bertz CT molecular complexity index is 372. The molecule has 2 rings (SSSR count). The van der Waals surface area contributed by atoms with Gasteiger partial charge in [0.15, 0.2) is 0 Å². The third-order valence-corrected chi connectivity index (χ3v) is 5.07. The highest BCUT2D eigenvalue weighted by Gasteiger charge is 2.32. The van der Waals surface area contributed by atoms with Crippen LogP contribution in [0.25, 0.3) is 0 Å². The fourth-order valence-electron chi connectivity index (χ4n) is 3.40. The normalized spacial score (nSPS) is 34.6. The molecule has 1 aliphatic carbocycles. The lowest BCUT2D eigenvalue weighted by molar-refractivity contribution is -0.143. The van der Waals surface area contributed by atoms with Crippen molar-refractivity contribution in [2.24, 2.45) is 17.8 Å². The maximum atomic E-state index is 12.3. The van der Waals surface area contributed by atoms with Crippen LogP contribution in [0.3, 0.4) is 0 Å². The van der Waals surface area contributed by atoms with Crippen LogP contribution in [-0.4, -0.2) is 41.1 Å². The number of hydrogen-bond acceptors (Lipinski definition) is 2. The maximum Gasteiger partial charge on any atom is 0.317 e. The highest BCUT2D eigenvalue weighted by Crippen LogP contribution is 2.29. The van der Waals surface area contributed by atoms with Crippen molar-refractivity contribution in [1.29, 1.82) is 0 Å². The zero-order chi connectivity index (χ0) is 14.7. The molecule has 1 heterocycles. The summed E-state index contributed by atoms with van der Waals surface area (Å²) in [4.78, 5) is 25.0. The standard InChI is InChI=1S/C15H26N2O3/c1-10-5-3-7-13(11(10)2)16-15(20)17-8-4-6-12(9-17)14(18)19/h10-13H,3-9H2,1-2H3,(H,16,20)(H,18,19). The summed E-state index contributed by atoms with van der Waals surface area (Å²) in [5, 5.41) is 12.2. The minimum Gasteiger partial charge on any atom is -0.481 e. The fraction of sp³-hybridized carbons (Fsp3) is 0.867. The number of carboxylic acids is 1. The Kier molecular flexibility index (Phi) is 4.89. The Morgan fingerprint density at radius 1 is 1.15 bits per heavy atom. The summed E-state index contributed by atoms with van der Waals surface area (Å²) in [6.07, 6.45) is 4.89. The van der Waals surface area contributed by atoms with E-state index in [1.807, 2.05) is 0 Å². The second kappa shape index (κ2) is 6.46. The molecule has 0 bridgehead atoms. The van der Waals surface area contributed by atoms with E-state index in [2.05, 4.69) is 19.2 Å². The van der Waals surface area contributed by atoms with Gasteiger partial charge in [-0.1, -0.05) is 26.7 Å². The third kappa shape index (κ3) is 3.44. The van der Waals surface area contributed by atoms with Gasteiger partial charge in [-0.25, -0.2) is 4.79 Å². The first-order valence-electron chi connectivity index (χ1n) is 7.77. The summed E-state index contributed by atoms with van der Waals surface area (Å²) in [6.45, 7) is 5.46. The molecule has 0 spiro atoms. The number of urea groups is 1. The molecule has 4 atom stereocenters. The van der Waals surface area contributed by atoms with Gasteiger partial charge in [0.2, 0.25) is 0 Å². The molecule has 0 aromatic heterocycles. The number of carbonyl (C=O) groups excluding carboxylic acids is 1. The summed E-state index contributed by atoms with van der Waals surface area (Å²) in [6, 6.07) is 0.151. The Morgan fingerprint density at radius 3 is 2.60 bits per heavy atom. The van der Waals surface area contributed by atoms with Gasteiger partial charge in [0.1, 0.15) is 0 Å². The first-order valence-corrected chi connectivity index (χ1v) is 7.77. The van der Waals surface area contributed by atoms with E-state index in [4.69, 9.17) is 5.11 Å². The topological polar surface area (TPSA) is 69.6 Å². The quantitative estimate of drug-likeness (QED) is 0.816. The zero-order valence-electron chi connectivity index (χ0n) is 12.5. The van der Waals surface area contributed by atoms with E-state index in [1.54, 1.807) is 4.90 Å². The number of hydrogen-bond donors (Lipinski definition) is 2. The van der Waals surface area contributed by atoms with Crippen molar-refractivity contribution in [2.75, 3.05) is 13.1 Å². The maximum absolute atomic E-state index is 12.3. The molecule has 0 radical (unpaired) electrons. The molecule has 114 valence electrons. The first kappa shape index (κ1) is 15.1. The number of carbonyl (C=O) groups is 2. The van der Waals surface area contributed by atoms with Crippen LogP contribution < -0.4 is 5.32 Å². The van der Waals surface area contributed by atoms with Crippen LogP contribution in [0.5, 0.6) is 0 Å². The average molecular weight is 282 g/mol. The molecule has 2 aliphatic rings. The van der Waals surface area contributed by atoms with Gasteiger partial charge < -0.3 is 15.3 Å². The van der Waals surface area contributed by atoms with Gasteiger partial charge in [-0.3, -0.25) is 4.79 Å². The van der Waals surface area contributed by atoms with Crippen LogP contribution in [0.1, 0.15) is 46.0 Å². The van der Waals surface area contributed by atoms with E-state index in [-0.39, 0.29) is 12.1 Å². The largest absolute Gasteiger partial charge is 0.481 e. The second-order valence-electron chi connectivity index (χ2n) is 6.45. The van der Waals surface area contributed by atoms with Crippen LogP contribution in [0.4, 0.5) is 4.79 Å². The third-order valence-electron chi connectivity index (χ3n) is 5.07. The molecule has 2 amide bonds. The number of likely N-dealkylation sites (tertiary alicyclic amines) is 1. The smallest absolute Gasteiger partial charge is 0.317 e. The summed E-state index contributed by atoms with van der Waals surface area (Å²) in [5.74, 6) is -0.0608. The molecule has 2 fully saturated rings. The molecular formula is C15H26N2O3. The highest BCUT2D eigenvalue weighted by molar-refractivity contribution is 5.76. The molecule has 5 nitrogen and oxygen atoms in total. The van der Waals surface area contributed by atoms with Crippen molar-refractivity contribution in [3.63, 3.8) is 0 Å². The average Bonchev–Trinajstić information content (AvgIpc) is 2.44. The predicted molar refractivity (Wildman–Crippen MR) is 76.4 cm³/mol. The predicted octanol–water partition coefficient (Wildman–Crippen LogP) is 2.32. The van der Waals surface area contributed by atoms with Crippen molar-refractivity contribution in [3.8, 4) is 0 Å². The van der Waals surface area contributed by atoms with Crippen LogP contribution in [0, 0.1) is 17.8 Å². The molecule has 1 aliphatic heterocycles. The number of nitrogens with zero attached hydrogens (tertiary/aromatic N) is 1. The van der Waals surface area contributed by atoms with Crippen molar-refractivity contribution in [3.05, 3.63) is 0 Å². The van der Waals surface area contributed by atoms with Crippen molar-refractivity contribution in [2.45, 2.75) is 52.0 Å². The Labute approximate surface area is 120 Å². The molecule has 20 heavy (non-hydrogen) atoms. The van der Waals surface area contributed by atoms with Crippen LogP contribution in [0.15, 0.2) is 0 Å². The lowest BCUT2D eigenvalue weighted by Gasteiger charge is -2.37. The SMILES string of the molecule is CC1CCCC(NC(=O)N2CCCC(C(=O)O)C2)C1C. The fourth-order valence-corrected chi connectivity index (χ4v) is 3.40. The van der Waals surface area contributed by atoms with Crippen molar-refractivity contribution in [1.82, 2.24) is 10.2 Å². The molecule has 0 aromatic rings. The van der Waals surface area contributed by atoms with Crippen LogP contribution in [-0.2, 0) is 4.79 Å². The Balaban J connectivity index is 1.89. The highest BCUT2D eigenvalue weighted by atomic mass is 16.4. The van der Waals surface area contributed by atoms with Gasteiger partial charge in [0.05, 0.1) is 5.92 Å². The van der Waals surface area contributed by atoms with Gasteiger partial charge in [0.25, 0.3) is 0 Å². The molecule has 4 unspecified atom stereocenters.